The lowest BCUT2D eigenvalue weighted by Crippen LogP contribution is -2.03. The molecule has 0 bridgehead atoms. The van der Waals surface area contributed by atoms with Crippen molar-refractivity contribution in [3.8, 4) is 22.8 Å². The van der Waals surface area contributed by atoms with Crippen molar-refractivity contribution in [1.82, 2.24) is 9.97 Å². The molecule has 1 heterocycles. The molecule has 24 heavy (non-hydrogen) atoms. The summed E-state index contributed by atoms with van der Waals surface area (Å²) in [6, 6.07) is 9.14. The molecule has 124 valence electrons. The minimum absolute atomic E-state index is 0.0566. The molecule has 0 saturated carbocycles. The summed E-state index contributed by atoms with van der Waals surface area (Å²) in [7, 11) is 3.02. The van der Waals surface area contributed by atoms with Crippen LogP contribution in [0.25, 0.3) is 22.3 Å². The number of para-hydroxylation sites is 2. The van der Waals surface area contributed by atoms with Gasteiger partial charge in [-0.2, -0.15) is 0 Å². The largest absolute Gasteiger partial charge is 0.496 e. The molecule has 0 unspecified atom stereocenters. The number of halogens is 1. The third-order valence-electron chi connectivity index (χ3n) is 3.95. The van der Waals surface area contributed by atoms with Crippen molar-refractivity contribution in [2.45, 2.75) is 19.8 Å². The molecule has 2 aromatic carbocycles. The van der Waals surface area contributed by atoms with E-state index in [0.717, 1.165) is 5.52 Å². The van der Waals surface area contributed by atoms with E-state index in [1.165, 1.54) is 7.11 Å². The Morgan fingerprint density at radius 3 is 2.38 bits per heavy atom. The van der Waals surface area contributed by atoms with Crippen molar-refractivity contribution in [2.24, 2.45) is 0 Å². The Morgan fingerprint density at radius 1 is 1.04 bits per heavy atom. The normalized spacial score (nSPS) is 11.1. The lowest BCUT2D eigenvalue weighted by Gasteiger charge is -2.19. The van der Waals surface area contributed by atoms with Gasteiger partial charge in [0, 0.05) is 11.1 Å². The minimum atomic E-state index is -0.452. The van der Waals surface area contributed by atoms with Crippen LogP contribution in [-0.2, 0) is 0 Å². The molecule has 0 aliphatic heterocycles. The highest BCUT2D eigenvalue weighted by Gasteiger charge is 2.23. The van der Waals surface area contributed by atoms with Crippen LogP contribution in [0.4, 0.5) is 4.39 Å². The van der Waals surface area contributed by atoms with Gasteiger partial charge in [-0.3, -0.25) is 4.98 Å². The van der Waals surface area contributed by atoms with Crippen molar-refractivity contribution in [1.29, 1.82) is 0 Å². The van der Waals surface area contributed by atoms with E-state index in [0.29, 0.717) is 28.1 Å². The Kier molecular flexibility index (Phi) is 4.34. The first-order valence-electron chi connectivity index (χ1n) is 7.73. The zero-order chi connectivity index (χ0) is 17.3. The number of fused-ring (bicyclic) bond motifs is 1. The molecule has 1 aromatic heterocycles. The SMILES string of the molecule is COc1cc(-c2cnc3ccccc3n2)c(F)c(OC)c1C(C)C. The quantitative estimate of drug-likeness (QED) is 0.704. The molecule has 5 heteroatoms. The topological polar surface area (TPSA) is 44.2 Å². The Labute approximate surface area is 140 Å². The Balaban J connectivity index is 2.26. The van der Waals surface area contributed by atoms with E-state index in [-0.39, 0.29) is 11.7 Å². The first-order chi connectivity index (χ1) is 11.6. The molecule has 0 aliphatic carbocycles. The molecular formula is C19H19FN2O2. The number of ether oxygens (including phenoxy) is 2. The number of aromatic nitrogens is 2. The lowest BCUT2D eigenvalue weighted by molar-refractivity contribution is 0.363. The van der Waals surface area contributed by atoms with E-state index >= 15 is 4.39 Å². The van der Waals surface area contributed by atoms with Gasteiger partial charge in [0.15, 0.2) is 11.6 Å². The highest BCUT2D eigenvalue weighted by Crippen LogP contribution is 2.41. The van der Waals surface area contributed by atoms with Gasteiger partial charge in [-0.05, 0) is 24.1 Å². The number of rotatable bonds is 4. The van der Waals surface area contributed by atoms with E-state index in [2.05, 4.69) is 9.97 Å². The summed E-state index contributed by atoms with van der Waals surface area (Å²) in [5.41, 5.74) is 2.93. The Morgan fingerprint density at radius 2 is 1.75 bits per heavy atom. The molecule has 0 atom stereocenters. The summed E-state index contributed by atoms with van der Waals surface area (Å²) >= 11 is 0. The van der Waals surface area contributed by atoms with Gasteiger partial charge < -0.3 is 9.47 Å². The van der Waals surface area contributed by atoms with Crippen LogP contribution >= 0.6 is 0 Å². The van der Waals surface area contributed by atoms with Crippen molar-refractivity contribution >= 4 is 11.0 Å². The predicted octanol–water partition coefficient (Wildman–Crippen LogP) is 4.58. The molecule has 0 aliphatic rings. The van der Waals surface area contributed by atoms with Gasteiger partial charge in [0.2, 0.25) is 0 Å². The first-order valence-corrected chi connectivity index (χ1v) is 7.73. The van der Waals surface area contributed by atoms with Crippen LogP contribution in [0, 0.1) is 5.82 Å². The maximum atomic E-state index is 15.0. The fraction of sp³-hybridized carbons (Fsp3) is 0.263. The number of hydrogen-bond donors (Lipinski definition) is 0. The van der Waals surface area contributed by atoms with Gasteiger partial charge in [0.05, 0.1) is 37.1 Å². The number of benzene rings is 2. The lowest BCUT2D eigenvalue weighted by atomic mass is 9.97. The van der Waals surface area contributed by atoms with Gasteiger partial charge in [0.25, 0.3) is 0 Å². The molecule has 3 aromatic rings. The summed E-state index contributed by atoms with van der Waals surface area (Å²) in [6.45, 7) is 3.94. The van der Waals surface area contributed by atoms with E-state index in [1.54, 1.807) is 19.4 Å². The number of methoxy groups -OCH3 is 2. The second kappa shape index (κ2) is 6.43. The van der Waals surface area contributed by atoms with E-state index in [4.69, 9.17) is 9.47 Å². The zero-order valence-corrected chi connectivity index (χ0v) is 14.1. The smallest absolute Gasteiger partial charge is 0.175 e. The van der Waals surface area contributed by atoms with Gasteiger partial charge >= 0.3 is 0 Å². The van der Waals surface area contributed by atoms with Crippen LogP contribution < -0.4 is 9.47 Å². The van der Waals surface area contributed by atoms with Crippen LogP contribution in [0.1, 0.15) is 25.3 Å². The molecule has 0 amide bonds. The average Bonchev–Trinajstić information content (AvgIpc) is 2.60. The Hall–Kier alpha value is -2.69. The fourth-order valence-electron chi connectivity index (χ4n) is 2.81. The van der Waals surface area contributed by atoms with E-state index in [1.807, 2.05) is 38.1 Å². The Bertz CT molecular complexity index is 894. The van der Waals surface area contributed by atoms with Crippen molar-refractivity contribution in [3.05, 3.63) is 47.9 Å². The second-order valence-electron chi connectivity index (χ2n) is 5.79. The van der Waals surface area contributed by atoms with Crippen molar-refractivity contribution in [3.63, 3.8) is 0 Å². The molecule has 0 saturated heterocycles. The number of nitrogens with zero attached hydrogens (tertiary/aromatic N) is 2. The summed E-state index contributed by atoms with van der Waals surface area (Å²) in [5.74, 6) is 0.371. The second-order valence-corrected chi connectivity index (χ2v) is 5.79. The maximum absolute atomic E-state index is 15.0. The van der Waals surface area contributed by atoms with Crippen LogP contribution in [-0.4, -0.2) is 24.2 Å². The highest BCUT2D eigenvalue weighted by molar-refractivity contribution is 5.78. The molecule has 0 N–H and O–H groups in total. The summed E-state index contributed by atoms with van der Waals surface area (Å²) in [4.78, 5) is 8.87. The monoisotopic (exact) mass is 326 g/mol. The van der Waals surface area contributed by atoms with Crippen LogP contribution in [0.2, 0.25) is 0 Å². The van der Waals surface area contributed by atoms with Crippen LogP contribution in [0.3, 0.4) is 0 Å². The average molecular weight is 326 g/mol. The zero-order valence-electron chi connectivity index (χ0n) is 14.1. The van der Waals surface area contributed by atoms with Gasteiger partial charge in [0.1, 0.15) is 5.75 Å². The minimum Gasteiger partial charge on any atom is -0.496 e. The predicted molar refractivity (Wildman–Crippen MR) is 92.1 cm³/mol. The fourth-order valence-corrected chi connectivity index (χ4v) is 2.81. The van der Waals surface area contributed by atoms with Crippen LogP contribution in [0.5, 0.6) is 11.5 Å². The molecule has 0 fully saturated rings. The maximum Gasteiger partial charge on any atom is 0.175 e. The molecule has 0 spiro atoms. The molecular weight excluding hydrogens is 307 g/mol. The van der Waals surface area contributed by atoms with Crippen molar-refractivity contribution in [2.75, 3.05) is 14.2 Å². The van der Waals surface area contributed by atoms with Crippen LogP contribution in [0.15, 0.2) is 36.5 Å². The van der Waals surface area contributed by atoms with E-state index < -0.39 is 5.82 Å². The summed E-state index contributed by atoms with van der Waals surface area (Å²) in [5, 5.41) is 0. The molecule has 0 radical (unpaired) electrons. The van der Waals surface area contributed by atoms with Crippen molar-refractivity contribution < 1.29 is 13.9 Å². The summed E-state index contributed by atoms with van der Waals surface area (Å²) in [6.07, 6.45) is 1.56. The van der Waals surface area contributed by atoms with Gasteiger partial charge in [-0.25, -0.2) is 9.37 Å². The van der Waals surface area contributed by atoms with Gasteiger partial charge in [-0.1, -0.05) is 26.0 Å². The standard InChI is InChI=1S/C19H19FN2O2/c1-11(2)17-16(23-3)9-12(18(20)19(17)24-4)15-10-21-13-7-5-6-8-14(13)22-15/h5-11H,1-4H3. The summed E-state index contributed by atoms with van der Waals surface area (Å²) < 4.78 is 25.8. The van der Waals surface area contributed by atoms with E-state index in [9.17, 15) is 0 Å². The highest BCUT2D eigenvalue weighted by atomic mass is 19.1. The third kappa shape index (κ3) is 2.66. The third-order valence-corrected chi connectivity index (χ3v) is 3.95. The number of hydrogen-bond acceptors (Lipinski definition) is 4. The first kappa shape index (κ1) is 16.2. The molecule has 4 nitrogen and oxygen atoms in total. The van der Waals surface area contributed by atoms with Gasteiger partial charge in [-0.15, -0.1) is 0 Å². The molecule has 3 rings (SSSR count).